The predicted molar refractivity (Wildman–Crippen MR) is 180 cm³/mol. The number of amidine groups is 2. The zero-order valence-electron chi connectivity index (χ0n) is 24.5. The number of allylic oxidation sites excluding steroid dienone is 5. The van der Waals surface area contributed by atoms with Crippen molar-refractivity contribution in [1.82, 2.24) is 10.2 Å². The number of nitrogens with one attached hydrogen (secondary N) is 1. The van der Waals surface area contributed by atoms with Crippen molar-refractivity contribution in [2.75, 3.05) is 4.90 Å². The first-order valence-electron chi connectivity index (χ1n) is 15.5. The van der Waals surface area contributed by atoms with Crippen LogP contribution in [0.3, 0.4) is 0 Å². The summed E-state index contributed by atoms with van der Waals surface area (Å²) in [6.45, 7) is 0. The number of fused-ring (bicyclic) bond motifs is 5. The fraction of sp³-hybridized carbons (Fsp3) is 0.128. The Kier molecular flexibility index (Phi) is 5.96. The monoisotopic (exact) mass is 585 g/mol. The quantitative estimate of drug-likeness (QED) is 0.372. The van der Waals surface area contributed by atoms with E-state index in [-0.39, 0.29) is 29.8 Å². The molecule has 3 aliphatic carbocycles. The molecule has 5 unspecified atom stereocenters. The molecule has 3 aromatic carbocycles. The maximum atomic E-state index is 10.3. The highest BCUT2D eigenvalue weighted by atomic mass is 16.3. The molecule has 1 fully saturated rings. The molecule has 1 saturated heterocycles. The second-order valence-electron chi connectivity index (χ2n) is 12.0. The van der Waals surface area contributed by atoms with Crippen molar-refractivity contribution in [1.29, 1.82) is 0 Å². The maximum Gasteiger partial charge on any atom is 0.202 e. The molecule has 3 aliphatic heterocycles. The van der Waals surface area contributed by atoms with E-state index >= 15 is 0 Å². The van der Waals surface area contributed by atoms with Gasteiger partial charge >= 0.3 is 0 Å². The number of anilines is 1. The van der Waals surface area contributed by atoms with Crippen LogP contribution in [0, 0.1) is 5.92 Å². The number of para-hydroxylation sites is 1. The van der Waals surface area contributed by atoms with E-state index in [1.165, 1.54) is 28.1 Å². The minimum absolute atomic E-state index is 0.00937. The Hall–Kier alpha value is -5.46. The molecule has 0 radical (unpaired) electrons. The van der Waals surface area contributed by atoms with Gasteiger partial charge in [0.15, 0.2) is 0 Å². The van der Waals surface area contributed by atoms with Crippen LogP contribution in [0.15, 0.2) is 178 Å². The Morgan fingerprint density at radius 2 is 1.42 bits per heavy atom. The van der Waals surface area contributed by atoms with Gasteiger partial charge in [0.25, 0.3) is 0 Å². The molecule has 2 N–H and O–H groups in total. The Labute approximate surface area is 262 Å². The van der Waals surface area contributed by atoms with E-state index in [4.69, 9.17) is 9.98 Å². The molecule has 45 heavy (non-hydrogen) atoms. The zero-order valence-corrected chi connectivity index (χ0v) is 24.5. The first-order valence-corrected chi connectivity index (χ1v) is 15.5. The van der Waals surface area contributed by atoms with Crippen molar-refractivity contribution in [3.8, 4) is 5.75 Å². The molecule has 3 heterocycles. The van der Waals surface area contributed by atoms with Crippen LogP contribution in [-0.4, -0.2) is 46.1 Å². The third kappa shape index (κ3) is 4.21. The second-order valence-corrected chi connectivity index (χ2v) is 12.0. The fourth-order valence-electron chi connectivity index (χ4n) is 7.47. The van der Waals surface area contributed by atoms with Crippen LogP contribution in [-0.2, 0) is 0 Å². The third-order valence-electron chi connectivity index (χ3n) is 9.44. The lowest BCUT2D eigenvalue weighted by atomic mass is 9.85. The van der Waals surface area contributed by atoms with Gasteiger partial charge in [0.2, 0.25) is 6.29 Å². The Balaban J connectivity index is 1.19. The highest BCUT2D eigenvalue weighted by molar-refractivity contribution is 6.15. The average molecular weight is 586 g/mol. The predicted octanol–water partition coefficient (Wildman–Crippen LogP) is 6.40. The van der Waals surface area contributed by atoms with Crippen molar-refractivity contribution >= 4 is 17.4 Å². The molecule has 6 nitrogen and oxygen atoms in total. The van der Waals surface area contributed by atoms with E-state index in [9.17, 15) is 5.11 Å². The molecule has 0 aromatic heterocycles. The van der Waals surface area contributed by atoms with E-state index in [1.807, 2.05) is 30.3 Å². The van der Waals surface area contributed by atoms with E-state index in [2.05, 4.69) is 118 Å². The van der Waals surface area contributed by atoms with Crippen molar-refractivity contribution < 1.29 is 5.11 Å². The molecule has 6 heteroatoms. The number of phenolic OH excluding ortho intramolecular Hbond substituents is 1. The Morgan fingerprint density at radius 1 is 0.689 bits per heavy atom. The summed E-state index contributed by atoms with van der Waals surface area (Å²) in [5.74, 6) is 1.90. The minimum Gasteiger partial charge on any atom is -0.508 e. The zero-order chi connectivity index (χ0) is 29.9. The van der Waals surface area contributed by atoms with Crippen LogP contribution in [0.5, 0.6) is 5.75 Å². The average Bonchev–Trinajstić information content (AvgIpc) is 3.60. The first kappa shape index (κ1) is 26.0. The number of phenols is 1. The van der Waals surface area contributed by atoms with Gasteiger partial charge < -0.3 is 15.3 Å². The van der Waals surface area contributed by atoms with Gasteiger partial charge in [0, 0.05) is 28.4 Å². The normalized spacial score (nSPS) is 27.6. The summed E-state index contributed by atoms with van der Waals surface area (Å²) >= 11 is 0. The summed E-state index contributed by atoms with van der Waals surface area (Å²) in [6.07, 6.45) is 22.2. The largest absolute Gasteiger partial charge is 0.508 e. The lowest BCUT2D eigenvalue weighted by Crippen LogP contribution is -2.49. The van der Waals surface area contributed by atoms with Crippen molar-refractivity contribution in [3.63, 3.8) is 0 Å². The molecule has 0 amide bonds. The van der Waals surface area contributed by atoms with E-state index in [0.717, 1.165) is 17.0 Å². The SMILES string of the molecule is Oc1cccc(C2=NC(N3C4C=CC=CC4=C4C=C5C(=CC43)C3C=CC=CC3N5c3ccccc3)N=C(c3ccccc3)N2)c1. The third-order valence-corrected chi connectivity index (χ3v) is 9.44. The van der Waals surface area contributed by atoms with Crippen LogP contribution >= 0.6 is 0 Å². The van der Waals surface area contributed by atoms with Gasteiger partial charge in [0.1, 0.15) is 17.4 Å². The van der Waals surface area contributed by atoms with Gasteiger partial charge in [-0.15, -0.1) is 0 Å². The topological polar surface area (TPSA) is 63.5 Å². The number of rotatable bonds is 4. The van der Waals surface area contributed by atoms with Crippen LogP contribution in [0.25, 0.3) is 0 Å². The summed E-state index contributed by atoms with van der Waals surface area (Å²) in [4.78, 5) is 15.4. The molecular weight excluding hydrogens is 554 g/mol. The standard InChI is InChI=1S/C39H31N5O/c45-28-17-11-14-26(22-28)38-40-37(25-12-3-1-4-13-25)41-39(42-38)44-34-21-10-8-19-30(34)32-23-35-31(24-36(32)44)29-18-7-9-20-33(29)43(35)27-15-5-2-6-16-27/h1-24,29,33-34,36,39,45H,(H,40,41,42). The van der Waals surface area contributed by atoms with Crippen LogP contribution < -0.4 is 10.2 Å². The molecule has 3 aromatic rings. The molecule has 0 saturated carbocycles. The van der Waals surface area contributed by atoms with Gasteiger partial charge in [0.05, 0.1) is 18.1 Å². The summed E-state index contributed by atoms with van der Waals surface area (Å²) in [7, 11) is 0. The highest BCUT2D eigenvalue weighted by Gasteiger charge is 2.48. The summed E-state index contributed by atoms with van der Waals surface area (Å²) in [5, 5.41) is 13.8. The van der Waals surface area contributed by atoms with Gasteiger partial charge in [-0.05, 0) is 47.1 Å². The molecule has 6 aliphatic rings. The summed E-state index contributed by atoms with van der Waals surface area (Å²) in [6, 6.07) is 28.4. The fourth-order valence-corrected chi connectivity index (χ4v) is 7.47. The molecule has 0 bridgehead atoms. The summed E-state index contributed by atoms with van der Waals surface area (Å²) < 4.78 is 0. The lowest BCUT2D eigenvalue weighted by Gasteiger charge is -2.36. The smallest absolute Gasteiger partial charge is 0.202 e. The highest BCUT2D eigenvalue weighted by Crippen LogP contribution is 2.50. The lowest BCUT2D eigenvalue weighted by molar-refractivity contribution is 0.188. The number of hydrogen-bond donors (Lipinski definition) is 2. The number of hydrogen-bond acceptors (Lipinski definition) is 6. The molecule has 9 rings (SSSR count). The second kappa shape index (κ2) is 10.3. The number of aliphatic imine (C=N–C) groups is 2. The van der Waals surface area contributed by atoms with Crippen molar-refractivity contribution in [3.05, 3.63) is 179 Å². The van der Waals surface area contributed by atoms with E-state index in [0.29, 0.717) is 5.84 Å². The van der Waals surface area contributed by atoms with Crippen molar-refractivity contribution in [2.24, 2.45) is 15.9 Å². The van der Waals surface area contributed by atoms with Gasteiger partial charge in [-0.1, -0.05) is 115 Å². The molecular formula is C39H31N5O. The number of benzene rings is 3. The van der Waals surface area contributed by atoms with E-state index < -0.39 is 6.29 Å². The molecule has 5 atom stereocenters. The number of aromatic hydroxyl groups is 1. The Bertz CT molecular complexity index is 1980. The summed E-state index contributed by atoms with van der Waals surface area (Å²) in [5.41, 5.74) is 8.18. The number of nitrogens with zero attached hydrogens (tertiary/aromatic N) is 4. The Morgan fingerprint density at radius 3 is 2.24 bits per heavy atom. The van der Waals surface area contributed by atoms with Crippen LogP contribution in [0.4, 0.5) is 5.69 Å². The minimum atomic E-state index is -0.492. The van der Waals surface area contributed by atoms with Gasteiger partial charge in [-0.2, -0.15) is 0 Å². The van der Waals surface area contributed by atoms with Crippen LogP contribution in [0.1, 0.15) is 11.1 Å². The maximum absolute atomic E-state index is 10.3. The van der Waals surface area contributed by atoms with E-state index in [1.54, 1.807) is 12.1 Å². The molecule has 218 valence electrons. The van der Waals surface area contributed by atoms with Crippen molar-refractivity contribution in [2.45, 2.75) is 24.4 Å². The molecule has 0 spiro atoms. The van der Waals surface area contributed by atoms with Gasteiger partial charge in [-0.3, -0.25) is 0 Å². The first-order chi connectivity index (χ1) is 22.2. The van der Waals surface area contributed by atoms with Gasteiger partial charge in [-0.25, -0.2) is 14.9 Å². The van der Waals surface area contributed by atoms with Crippen LogP contribution in [0.2, 0.25) is 0 Å².